The molecule has 2 heterocycles. The Bertz CT molecular complexity index is 823. The molecular formula is C21H26N4O2. The van der Waals surface area contributed by atoms with Crippen molar-refractivity contribution in [3.8, 4) is 0 Å². The Morgan fingerprint density at radius 1 is 1.26 bits per heavy atom. The first-order chi connectivity index (χ1) is 13.0. The van der Waals surface area contributed by atoms with Gasteiger partial charge in [0.05, 0.1) is 6.42 Å². The van der Waals surface area contributed by atoms with Crippen LogP contribution in [0, 0.1) is 0 Å². The van der Waals surface area contributed by atoms with E-state index in [1.54, 1.807) is 25.3 Å². The minimum atomic E-state index is -1.12. The first-order valence-corrected chi connectivity index (χ1v) is 9.35. The molecule has 2 aliphatic heterocycles. The summed E-state index contributed by atoms with van der Waals surface area (Å²) in [4.78, 5) is 33.8. The van der Waals surface area contributed by atoms with Crippen LogP contribution in [0.4, 0.5) is 5.69 Å². The van der Waals surface area contributed by atoms with Crippen molar-refractivity contribution in [1.29, 1.82) is 0 Å². The quantitative estimate of drug-likeness (QED) is 0.842. The van der Waals surface area contributed by atoms with E-state index in [1.807, 2.05) is 30.3 Å². The van der Waals surface area contributed by atoms with Gasteiger partial charge in [-0.2, -0.15) is 0 Å². The molecule has 2 aliphatic rings. The van der Waals surface area contributed by atoms with Crippen molar-refractivity contribution in [2.75, 3.05) is 18.4 Å². The number of para-hydroxylation sites is 1. The summed E-state index contributed by atoms with van der Waals surface area (Å²) in [6.07, 6.45) is 7.06. The van der Waals surface area contributed by atoms with E-state index in [1.165, 1.54) is 4.90 Å². The molecule has 3 rings (SSSR count). The number of nitrogens with zero attached hydrogens (tertiary/aromatic N) is 3. The maximum absolute atomic E-state index is 13.0. The fourth-order valence-electron chi connectivity index (χ4n) is 3.26. The largest absolute Gasteiger partial charge is 0.324 e. The number of amidine groups is 1. The summed E-state index contributed by atoms with van der Waals surface area (Å²) in [7, 11) is 0. The zero-order chi connectivity index (χ0) is 19.4. The topological polar surface area (TPSA) is 65.0 Å². The molecule has 27 heavy (non-hydrogen) atoms. The molecule has 1 N–H and O–H groups in total. The molecule has 0 radical (unpaired) electrons. The van der Waals surface area contributed by atoms with E-state index >= 15 is 0 Å². The molecule has 6 heteroatoms. The van der Waals surface area contributed by atoms with Gasteiger partial charge >= 0.3 is 0 Å². The lowest BCUT2D eigenvalue weighted by Crippen LogP contribution is -2.50. The number of hydrogen-bond donors (Lipinski definition) is 1. The summed E-state index contributed by atoms with van der Waals surface area (Å²) in [5.74, 6) is 0.107. The number of nitrogens with one attached hydrogen (secondary N) is 1. The fourth-order valence-corrected chi connectivity index (χ4v) is 3.26. The predicted octanol–water partition coefficient (Wildman–Crippen LogP) is 2.94. The number of carbonyl (C=O) groups excluding carboxylic acids is 2. The lowest BCUT2D eigenvalue weighted by atomic mass is 9.93. The highest BCUT2D eigenvalue weighted by Gasteiger charge is 2.41. The first-order valence-electron chi connectivity index (χ1n) is 9.35. The summed E-state index contributed by atoms with van der Waals surface area (Å²) >= 11 is 0. The minimum absolute atomic E-state index is 0.0404. The number of rotatable bonds is 6. The molecule has 0 bridgehead atoms. The van der Waals surface area contributed by atoms with Gasteiger partial charge in [0.2, 0.25) is 5.91 Å². The van der Waals surface area contributed by atoms with Crippen LogP contribution in [-0.2, 0) is 16.1 Å². The summed E-state index contributed by atoms with van der Waals surface area (Å²) in [6, 6.07) is 7.79. The van der Waals surface area contributed by atoms with Crippen LogP contribution in [0.1, 0.15) is 32.8 Å². The van der Waals surface area contributed by atoms with Crippen LogP contribution < -0.4 is 5.32 Å². The van der Waals surface area contributed by atoms with Crippen molar-refractivity contribution < 1.29 is 9.59 Å². The minimum Gasteiger partial charge on any atom is -0.324 e. The van der Waals surface area contributed by atoms with Crippen LogP contribution >= 0.6 is 0 Å². The third-order valence-corrected chi connectivity index (χ3v) is 5.01. The lowest BCUT2D eigenvalue weighted by Gasteiger charge is -2.34. The zero-order valence-electron chi connectivity index (χ0n) is 16.1. The van der Waals surface area contributed by atoms with Gasteiger partial charge in [0.15, 0.2) is 0 Å². The van der Waals surface area contributed by atoms with Gasteiger partial charge in [0.1, 0.15) is 11.4 Å². The highest BCUT2D eigenvalue weighted by atomic mass is 16.2. The molecule has 0 saturated heterocycles. The molecule has 0 aromatic heterocycles. The average Bonchev–Trinajstić information content (AvgIpc) is 2.67. The van der Waals surface area contributed by atoms with Crippen molar-refractivity contribution in [2.45, 2.75) is 39.3 Å². The van der Waals surface area contributed by atoms with Gasteiger partial charge in [-0.3, -0.25) is 24.4 Å². The molecule has 1 aromatic carbocycles. The van der Waals surface area contributed by atoms with E-state index in [0.717, 1.165) is 30.9 Å². The molecule has 0 aliphatic carbocycles. The van der Waals surface area contributed by atoms with Gasteiger partial charge in [-0.25, -0.2) is 0 Å². The number of allylic oxidation sites excluding steroid dienone is 2. The smallest absolute Gasteiger partial charge is 0.252 e. The lowest BCUT2D eigenvalue weighted by molar-refractivity contribution is -0.132. The van der Waals surface area contributed by atoms with Crippen molar-refractivity contribution in [3.05, 3.63) is 54.3 Å². The van der Waals surface area contributed by atoms with E-state index in [4.69, 9.17) is 0 Å². The van der Waals surface area contributed by atoms with Gasteiger partial charge in [-0.15, -0.1) is 0 Å². The third kappa shape index (κ3) is 4.01. The summed E-state index contributed by atoms with van der Waals surface area (Å²) in [6.45, 7) is 8.59. The van der Waals surface area contributed by atoms with Gasteiger partial charge < -0.3 is 5.32 Å². The van der Waals surface area contributed by atoms with E-state index in [0.29, 0.717) is 5.84 Å². The second-order valence-electron chi connectivity index (χ2n) is 6.96. The number of carbonyl (C=O) groups is 2. The molecule has 0 saturated carbocycles. The maximum Gasteiger partial charge on any atom is 0.252 e. The predicted molar refractivity (Wildman–Crippen MR) is 107 cm³/mol. The molecule has 6 nitrogen and oxygen atoms in total. The van der Waals surface area contributed by atoms with Gasteiger partial charge in [0.25, 0.3) is 5.91 Å². The van der Waals surface area contributed by atoms with Crippen LogP contribution in [0.15, 0.2) is 53.7 Å². The summed E-state index contributed by atoms with van der Waals surface area (Å²) < 4.78 is 0. The van der Waals surface area contributed by atoms with Crippen molar-refractivity contribution in [2.24, 2.45) is 4.99 Å². The molecule has 0 unspecified atom stereocenters. The average molecular weight is 366 g/mol. The van der Waals surface area contributed by atoms with E-state index in [9.17, 15) is 9.59 Å². The van der Waals surface area contributed by atoms with E-state index < -0.39 is 5.54 Å². The molecule has 0 fully saturated rings. The highest BCUT2D eigenvalue weighted by molar-refractivity contribution is 6.13. The van der Waals surface area contributed by atoms with Crippen LogP contribution in [0.5, 0.6) is 0 Å². The maximum atomic E-state index is 13.0. The van der Waals surface area contributed by atoms with Gasteiger partial charge in [-0.1, -0.05) is 38.1 Å². The Morgan fingerprint density at radius 2 is 2.00 bits per heavy atom. The Balaban J connectivity index is 1.83. The second-order valence-corrected chi connectivity index (χ2v) is 6.96. The molecule has 1 aromatic rings. The zero-order valence-corrected chi connectivity index (χ0v) is 16.1. The number of benzene rings is 1. The Morgan fingerprint density at radius 3 is 2.74 bits per heavy atom. The third-order valence-electron chi connectivity index (χ3n) is 5.01. The molecule has 0 spiro atoms. The number of amides is 2. The molecule has 142 valence electrons. The SMILES string of the molecule is CCN(CC)Cc1ccccc1NC(=O)[C@]1(C)CC(=O)N2C=CC=CC2=N1. The highest BCUT2D eigenvalue weighted by Crippen LogP contribution is 2.27. The Kier molecular flexibility index (Phi) is 5.56. The summed E-state index contributed by atoms with van der Waals surface area (Å²) in [5.41, 5.74) is 0.695. The number of anilines is 1. The molecular weight excluding hydrogens is 340 g/mol. The van der Waals surface area contributed by atoms with Gasteiger partial charge in [0, 0.05) is 18.4 Å². The Labute approximate surface area is 160 Å². The standard InChI is InChI=1S/C21H26N4O2/c1-4-24(5-2)15-16-10-6-7-11-17(16)22-20(27)21(3)14-19(26)25-13-9-8-12-18(25)23-21/h6-13H,4-5,14-15H2,1-3H3,(H,22,27)/t21-/m0/s1. The van der Waals surface area contributed by atoms with E-state index in [-0.39, 0.29) is 18.2 Å². The normalized spacial score (nSPS) is 21.3. The summed E-state index contributed by atoms with van der Waals surface area (Å²) in [5, 5.41) is 3.00. The second kappa shape index (κ2) is 7.88. The van der Waals surface area contributed by atoms with Crippen molar-refractivity contribution in [3.63, 3.8) is 0 Å². The van der Waals surface area contributed by atoms with Gasteiger partial charge in [-0.05, 0) is 43.8 Å². The fraction of sp³-hybridized carbons (Fsp3) is 0.381. The Hall–Kier alpha value is -2.73. The molecule has 2 amide bonds. The number of aliphatic imine (C=N–C) groups is 1. The number of fused-ring (bicyclic) bond motifs is 1. The van der Waals surface area contributed by atoms with Crippen molar-refractivity contribution >= 4 is 23.3 Å². The molecule has 1 atom stereocenters. The van der Waals surface area contributed by atoms with Crippen LogP contribution in [0.2, 0.25) is 0 Å². The van der Waals surface area contributed by atoms with Crippen LogP contribution in [0.25, 0.3) is 0 Å². The van der Waals surface area contributed by atoms with Crippen molar-refractivity contribution in [1.82, 2.24) is 9.80 Å². The monoisotopic (exact) mass is 366 g/mol. The van der Waals surface area contributed by atoms with E-state index in [2.05, 4.69) is 29.1 Å². The van der Waals surface area contributed by atoms with Crippen LogP contribution in [0.3, 0.4) is 0 Å². The first kappa shape index (κ1) is 19.0. The van der Waals surface area contributed by atoms with Crippen LogP contribution in [-0.4, -0.2) is 46.1 Å². The number of hydrogen-bond acceptors (Lipinski definition) is 4.